The van der Waals surface area contributed by atoms with Crippen LogP contribution in [0.5, 0.6) is 0 Å². The number of carbonyl (C=O) groups is 1. The molecule has 3 fully saturated rings. The Morgan fingerprint density at radius 1 is 1.00 bits per heavy atom. The molecule has 2 aliphatic heterocycles. The summed E-state index contributed by atoms with van der Waals surface area (Å²) in [5.74, 6) is 2.89. The Morgan fingerprint density at radius 3 is 2.20 bits per heavy atom. The molecule has 2 atom stereocenters. The monoisotopic (exact) mass is 300 g/mol. The molecular weight excluding hydrogens is 272 g/mol. The molecule has 1 N–H and O–H groups in total. The summed E-state index contributed by atoms with van der Waals surface area (Å²) in [5.41, 5.74) is 0. The van der Waals surface area contributed by atoms with Crippen molar-refractivity contribution in [2.75, 3.05) is 26.2 Å². The minimum Gasteiger partial charge on any atom is -0.342 e. The molecule has 0 radical (unpaired) electrons. The average molecular weight is 301 g/mol. The van der Waals surface area contributed by atoms with Gasteiger partial charge in [0.15, 0.2) is 0 Å². The van der Waals surface area contributed by atoms with Crippen LogP contribution in [0.3, 0.4) is 0 Å². The van der Waals surface area contributed by atoms with Crippen LogP contribution in [0.25, 0.3) is 0 Å². The third kappa shape index (κ3) is 3.88. The van der Waals surface area contributed by atoms with Crippen molar-refractivity contribution in [3.8, 4) is 0 Å². The number of piperidine rings is 1. The summed E-state index contributed by atoms with van der Waals surface area (Å²) in [7, 11) is 0. The van der Waals surface area contributed by atoms with Crippen LogP contribution in [0, 0.1) is 17.8 Å². The van der Waals surface area contributed by atoms with Gasteiger partial charge in [0.1, 0.15) is 0 Å². The van der Waals surface area contributed by atoms with Crippen LogP contribution in [0.4, 0.5) is 0 Å². The quantitative estimate of drug-likeness (QED) is 0.869. The van der Waals surface area contributed by atoms with Gasteiger partial charge in [-0.3, -0.25) is 4.79 Å². The smallest absolute Gasteiger partial charge is 0.222 e. The minimum absolute atomic E-state index is 0. The van der Waals surface area contributed by atoms with E-state index in [4.69, 9.17) is 0 Å². The van der Waals surface area contributed by atoms with Crippen molar-refractivity contribution < 1.29 is 4.79 Å². The zero-order chi connectivity index (χ0) is 13.1. The van der Waals surface area contributed by atoms with Crippen molar-refractivity contribution in [1.82, 2.24) is 10.2 Å². The maximum Gasteiger partial charge on any atom is 0.222 e. The van der Waals surface area contributed by atoms with Crippen LogP contribution in [-0.2, 0) is 4.79 Å². The van der Waals surface area contributed by atoms with Crippen LogP contribution in [0.15, 0.2) is 0 Å². The number of amides is 1. The molecule has 4 heteroatoms. The van der Waals surface area contributed by atoms with E-state index in [1.54, 1.807) is 0 Å². The lowest BCUT2D eigenvalue weighted by molar-refractivity contribution is -0.130. The number of likely N-dealkylation sites (tertiary alicyclic amines) is 1. The highest BCUT2D eigenvalue weighted by Crippen LogP contribution is 2.36. The molecule has 1 saturated carbocycles. The lowest BCUT2D eigenvalue weighted by Gasteiger charge is -2.23. The Kier molecular flexibility index (Phi) is 6.16. The van der Waals surface area contributed by atoms with E-state index in [0.717, 1.165) is 56.8 Å². The van der Waals surface area contributed by atoms with Gasteiger partial charge in [0, 0.05) is 19.5 Å². The van der Waals surface area contributed by atoms with Crippen LogP contribution in [0.1, 0.15) is 51.4 Å². The third-order valence-electron chi connectivity index (χ3n) is 5.55. The van der Waals surface area contributed by atoms with E-state index in [2.05, 4.69) is 10.2 Å². The van der Waals surface area contributed by atoms with Gasteiger partial charge in [-0.05, 0) is 62.9 Å². The summed E-state index contributed by atoms with van der Waals surface area (Å²) < 4.78 is 0. The third-order valence-corrected chi connectivity index (χ3v) is 5.55. The van der Waals surface area contributed by atoms with E-state index in [1.807, 2.05) is 0 Å². The number of nitrogens with zero attached hydrogens (tertiary/aromatic N) is 1. The second-order valence-electron chi connectivity index (χ2n) is 6.84. The van der Waals surface area contributed by atoms with E-state index in [0.29, 0.717) is 5.91 Å². The van der Waals surface area contributed by atoms with Gasteiger partial charge in [0.05, 0.1) is 0 Å². The van der Waals surface area contributed by atoms with E-state index in [1.165, 1.54) is 38.5 Å². The summed E-state index contributed by atoms with van der Waals surface area (Å²) in [5, 5.41) is 3.40. The van der Waals surface area contributed by atoms with Crippen molar-refractivity contribution in [1.29, 1.82) is 0 Å². The molecule has 3 aliphatic rings. The van der Waals surface area contributed by atoms with Gasteiger partial charge in [0.25, 0.3) is 0 Å². The molecule has 3 nitrogen and oxygen atoms in total. The Bertz CT molecular complexity index is 304. The first-order chi connectivity index (χ1) is 9.33. The van der Waals surface area contributed by atoms with Gasteiger partial charge in [0.2, 0.25) is 5.91 Å². The fourth-order valence-electron chi connectivity index (χ4n) is 4.27. The molecule has 3 rings (SSSR count). The van der Waals surface area contributed by atoms with Gasteiger partial charge in [-0.2, -0.15) is 0 Å². The molecule has 2 unspecified atom stereocenters. The number of rotatable bonds is 3. The molecule has 116 valence electrons. The standard InChI is InChI=1S/C16H28N2O.ClH/c19-16(6-5-13-7-9-17-10-8-13)18-11-14-3-1-2-4-15(14)12-18;/h13-15,17H,1-12H2;1H. The molecule has 1 amide bonds. The molecule has 0 spiro atoms. The fraction of sp³-hybridized carbons (Fsp3) is 0.938. The SMILES string of the molecule is Cl.O=C(CCC1CCNCC1)N1CC2CCCCC2C1. The first-order valence-corrected chi connectivity index (χ1v) is 8.31. The Morgan fingerprint density at radius 2 is 1.60 bits per heavy atom. The second-order valence-corrected chi connectivity index (χ2v) is 6.84. The first kappa shape index (κ1) is 16.1. The molecule has 2 saturated heterocycles. The number of carbonyl (C=O) groups excluding carboxylic acids is 1. The molecule has 1 aliphatic carbocycles. The largest absolute Gasteiger partial charge is 0.342 e. The molecule has 20 heavy (non-hydrogen) atoms. The number of halogens is 1. The number of hydrogen-bond acceptors (Lipinski definition) is 2. The predicted octanol–water partition coefficient (Wildman–Crippen LogP) is 2.84. The summed E-state index contributed by atoms with van der Waals surface area (Å²) in [6.07, 6.45) is 9.94. The number of nitrogens with one attached hydrogen (secondary N) is 1. The highest BCUT2D eigenvalue weighted by Gasteiger charge is 2.36. The highest BCUT2D eigenvalue weighted by atomic mass is 35.5. The zero-order valence-corrected chi connectivity index (χ0v) is 13.3. The van der Waals surface area contributed by atoms with E-state index in [-0.39, 0.29) is 12.4 Å². The van der Waals surface area contributed by atoms with Gasteiger partial charge < -0.3 is 10.2 Å². The predicted molar refractivity (Wildman–Crippen MR) is 84.1 cm³/mol. The molecule has 0 aromatic heterocycles. The normalized spacial score (nSPS) is 30.7. The van der Waals surface area contributed by atoms with Crippen molar-refractivity contribution in [3.05, 3.63) is 0 Å². The van der Waals surface area contributed by atoms with Crippen molar-refractivity contribution in [2.24, 2.45) is 17.8 Å². The molecule has 2 heterocycles. The van der Waals surface area contributed by atoms with Gasteiger partial charge in [-0.15, -0.1) is 12.4 Å². The van der Waals surface area contributed by atoms with E-state index < -0.39 is 0 Å². The maximum atomic E-state index is 12.3. The van der Waals surface area contributed by atoms with E-state index in [9.17, 15) is 4.79 Å². The van der Waals surface area contributed by atoms with Gasteiger partial charge in [-0.1, -0.05) is 12.8 Å². The van der Waals surface area contributed by atoms with E-state index >= 15 is 0 Å². The summed E-state index contributed by atoms with van der Waals surface area (Å²) in [4.78, 5) is 14.5. The first-order valence-electron chi connectivity index (χ1n) is 8.31. The Balaban J connectivity index is 0.00000147. The molecule has 0 bridgehead atoms. The Hall–Kier alpha value is -0.280. The van der Waals surface area contributed by atoms with Crippen molar-refractivity contribution in [2.45, 2.75) is 51.4 Å². The van der Waals surface area contributed by atoms with Crippen molar-refractivity contribution in [3.63, 3.8) is 0 Å². The Labute approximate surface area is 129 Å². The topological polar surface area (TPSA) is 32.3 Å². The second kappa shape index (κ2) is 7.65. The minimum atomic E-state index is 0. The van der Waals surface area contributed by atoms with Crippen LogP contribution >= 0.6 is 12.4 Å². The molecular formula is C16H29ClN2O. The van der Waals surface area contributed by atoms with Crippen LogP contribution < -0.4 is 5.32 Å². The average Bonchev–Trinajstić information content (AvgIpc) is 2.90. The number of hydrogen-bond donors (Lipinski definition) is 1. The summed E-state index contributed by atoms with van der Waals surface area (Å²) >= 11 is 0. The van der Waals surface area contributed by atoms with Gasteiger partial charge >= 0.3 is 0 Å². The fourth-order valence-corrected chi connectivity index (χ4v) is 4.27. The number of fused-ring (bicyclic) bond motifs is 1. The molecule has 0 aromatic carbocycles. The molecule has 0 aromatic rings. The van der Waals surface area contributed by atoms with Gasteiger partial charge in [-0.25, -0.2) is 0 Å². The van der Waals surface area contributed by atoms with Crippen LogP contribution in [-0.4, -0.2) is 37.0 Å². The lowest BCUT2D eigenvalue weighted by Crippen LogP contribution is -2.31. The summed E-state index contributed by atoms with van der Waals surface area (Å²) in [6, 6.07) is 0. The zero-order valence-electron chi connectivity index (χ0n) is 12.5. The highest BCUT2D eigenvalue weighted by molar-refractivity contribution is 5.85. The van der Waals surface area contributed by atoms with Crippen molar-refractivity contribution >= 4 is 18.3 Å². The summed E-state index contributed by atoms with van der Waals surface area (Å²) in [6.45, 7) is 4.42. The van der Waals surface area contributed by atoms with Crippen LogP contribution in [0.2, 0.25) is 0 Å². The lowest BCUT2D eigenvalue weighted by atomic mass is 9.82. The maximum absolute atomic E-state index is 12.3.